The minimum absolute atomic E-state index is 0.908. The van der Waals surface area contributed by atoms with Crippen LogP contribution in [0.15, 0.2) is 12.1 Å². The van der Waals surface area contributed by atoms with Gasteiger partial charge in [0.2, 0.25) is 0 Å². The van der Waals surface area contributed by atoms with Crippen LogP contribution in [-0.4, -0.2) is 43.5 Å². The predicted molar refractivity (Wildman–Crippen MR) is 80.5 cm³/mol. The SMILES string of the molecule is CN(C)CCC1CCN(Cc2ccc(Cl)s2)CC1. The van der Waals surface area contributed by atoms with Crippen molar-refractivity contribution in [2.75, 3.05) is 33.7 Å². The Labute approximate surface area is 120 Å². The van der Waals surface area contributed by atoms with Gasteiger partial charge in [-0.05, 0) is 71.0 Å². The highest BCUT2D eigenvalue weighted by Crippen LogP contribution is 2.26. The van der Waals surface area contributed by atoms with Crippen molar-refractivity contribution in [2.45, 2.75) is 25.8 Å². The number of likely N-dealkylation sites (tertiary alicyclic amines) is 1. The average Bonchev–Trinajstić information content (AvgIpc) is 2.74. The summed E-state index contributed by atoms with van der Waals surface area (Å²) in [4.78, 5) is 6.25. The molecule has 1 aliphatic rings. The van der Waals surface area contributed by atoms with Gasteiger partial charge in [0, 0.05) is 11.4 Å². The molecule has 0 unspecified atom stereocenters. The van der Waals surface area contributed by atoms with Crippen LogP contribution in [0.5, 0.6) is 0 Å². The zero-order valence-corrected chi connectivity index (χ0v) is 12.9. The molecule has 2 nitrogen and oxygen atoms in total. The van der Waals surface area contributed by atoms with E-state index < -0.39 is 0 Å². The normalized spacial score (nSPS) is 18.7. The first-order valence-electron chi connectivity index (χ1n) is 6.75. The summed E-state index contributed by atoms with van der Waals surface area (Å²) < 4.78 is 0.908. The van der Waals surface area contributed by atoms with Crippen LogP contribution in [-0.2, 0) is 6.54 Å². The van der Waals surface area contributed by atoms with E-state index in [-0.39, 0.29) is 0 Å². The summed E-state index contributed by atoms with van der Waals surface area (Å²) in [6, 6.07) is 4.16. The molecule has 0 aromatic carbocycles. The van der Waals surface area contributed by atoms with Gasteiger partial charge in [0.05, 0.1) is 4.34 Å². The maximum Gasteiger partial charge on any atom is 0.0931 e. The first kappa shape index (κ1) is 14.3. The predicted octanol–water partition coefficient (Wildman–Crippen LogP) is 3.57. The van der Waals surface area contributed by atoms with Gasteiger partial charge < -0.3 is 4.90 Å². The Bertz CT molecular complexity index is 356. The standard InChI is InChI=1S/C14H23ClN2S/c1-16(2)8-5-12-6-9-17(10-7-12)11-13-3-4-14(15)18-13/h3-4,12H,5-11H2,1-2H3. The van der Waals surface area contributed by atoms with E-state index in [1.54, 1.807) is 11.3 Å². The molecule has 4 heteroatoms. The van der Waals surface area contributed by atoms with Gasteiger partial charge in [-0.2, -0.15) is 0 Å². The van der Waals surface area contributed by atoms with Gasteiger partial charge in [-0.15, -0.1) is 11.3 Å². The molecule has 0 amide bonds. The summed E-state index contributed by atoms with van der Waals surface area (Å²) in [6.07, 6.45) is 4.06. The third kappa shape index (κ3) is 4.54. The summed E-state index contributed by atoms with van der Waals surface area (Å²) in [7, 11) is 4.32. The van der Waals surface area contributed by atoms with Crippen molar-refractivity contribution < 1.29 is 0 Å². The highest BCUT2D eigenvalue weighted by molar-refractivity contribution is 7.16. The fourth-order valence-electron chi connectivity index (χ4n) is 2.53. The van der Waals surface area contributed by atoms with Crippen LogP contribution in [0, 0.1) is 5.92 Å². The Morgan fingerprint density at radius 3 is 2.61 bits per heavy atom. The highest BCUT2D eigenvalue weighted by atomic mass is 35.5. The van der Waals surface area contributed by atoms with Crippen molar-refractivity contribution in [3.63, 3.8) is 0 Å². The quantitative estimate of drug-likeness (QED) is 0.816. The lowest BCUT2D eigenvalue weighted by atomic mass is 9.93. The van der Waals surface area contributed by atoms with Gasteiger partial charge in [0.15, 0.2) is 0 Å². The second-order valence-corrected chi connectivity index (χ2v) is 7.32. The fourth-order valence-corrected chi connectivity index (χ4v) is 3.66. The van der Waals surface area contributed by atoms with E-state index in [9.17, 15) is 0 Å². The maximum atomic E-state index is 5.97. The van der Waals surface area contributed by atoms with Gasteiger partial charge >= 0.3 is 0 Å². The van der Waals surface area contributed by atoms with Crippen LogP contribution in [0.4, 0.5) is 0 Å². The second kappa shape index (κ2) is 6.90. The Morgan fingerprint density at radius 1 is 1.33 bits per heavy atom. The first-order chi connectivity index (χ1) is 8.63. The Balaban J connectivity index is 1.70. The molecule has 1 aliphatic heterocycles. The van der Waals surface area contributed by atoms with Crippen molar-refractivity contribution in [1.29, 1.82) is 0 Å². The zero-order valence-electron chi connectivity index (χ0n) is 11.4. The first-order valence-corrected chi connectivity index (χ1v) is 7.94. The molecule has 0 aliphatic carbocycles. The molecule has 2 heterocycles. The van der Waals surface area contributed by atoms with Gasteiger partial charge in [-0.3, -0.25) is 4.90 Å². The third-order valence-corrected chi connectivity index (χ3v) is 4.92. The van der Waals surface area contributed by atoms with Crippen molar-refractivity contribution in [2.24, 2.45) is 5.92 Å². The summed E-state index contributed by atoms with van der Waals surface area (Å²) in [6.45, 7) is 4.80. The number of piperidine rings is 1. The highest BCUT2D eigenvalue weighted by Gasteiger charge is 2.19. The molecule has 0 atom stereocenters. The molecular formula is C14H23ClN2S. The van der Waals surface area contributed by atoms with E-state index in [4.69, 9.17) is 11.6 Å². The van der Waals surface area contributed by atoms with Crippen molar-refractivity contribution in [1.82, 2.24) is 9.80 Å². The number of hydrogen-bond acceptors (Lipinski definition) is 3. The third-order valence-electron chi connectivity index (χ3n) is 3.70. The lowest BCUT2D eigenvalue weighted by Gasteiger charge is -2.32. The van der Waals surface area contributed by atoms with Crippen molar-refractivity contribution >= 4 is 22.9 Å². The van der Waals surface area contributed by atoms with Crippen molar-refractivity contribution in [3.05, 3.63) is 21.3 Å². The summed E-state index contributed by atoms with van der Waals surface area (Å²) in [5.41, 5.74) is 0. The second-order valence-electron chi connectivity index (χ2n) is 5.52. The Kier molecular flexibility index (Phi) is 5.49. The van der Waals surface area contributed by atoms with Crippen LogP contribution in [0.3, 0.4) is 0 Å². The van der Waals surface area contributed by atoms with E-state index in [1.165, 1.54) is 43.8 Å². The largest absolute Gasteiger partial charge is 0.309 e. The molecule has 1 saturated heterocycles. The van der Waals surface area contributed by atoms with Crippen LogP contribution < -0.4 is 0 Å². The fraction of sp³-hybridized carbons (Fsp3) is 0.714. The molecule has 0 radical (unpaired) electrons. The molecule has 102 valence electrons. The van der Waals surface area contributed by atoms with Gasteiger partial charge in [0.25, 0.3) is 0 Å². The molecule has 1 fully saturated rings. The molecule has 18 heavy (non-hydrogen) atoms. The number of halogens is 1. The van der Waals surface area contributed by atoms with Crippen LogP contribution in [0.25, 0.3) is 0 Å². The molecule has 1 aromatic rings. The van der Waals surface area contributed by atoms with Crippen LogP contribution >= 0.6 is 22.9 Å². The molecule has 1 aromatic heterocycles. The molecule has 0 N–H and O–H groups in total. The summed E-state index contributed by atoms with van der Waals surface area (Å²) in [5.74, 6) is 0.926. The summed E-state index contributed by atoms with van der Waals surface area (Å²) >= 11 is 7.68. The maximum absolute atomic E-state index is 5.97. The molecule has 0 spiro atoms. The summed E-state index contributed by atoms with van der Waals surface area (Å²) in [5, 5.41) is 0. The van der Waals surface area contributed by atoms with E-state index in [1.807, 2.05) is 6.07 Å². The Morgan fingerprint density at radius 2 is 2.06 bits per heavy atom. The minimum Gasteiger partial charge on any atom is -0.309 e. The van der Waals surface area contributed by atoms with Gasteiger partial charge in [-0.1, -0.05) is 11.6 Å². The molecule has 2 rings (SSSR count). The van der Waals surface area contributed by atoms with E-state index in [0.717, 1.165) is 16.8 Å². The molecular weight excluding hydrogens is 264 g/mol. The number of rotatable bonds is 5. The Hall–Kier alpha value is -0.0900. The topological polar surface area (TPSA) is 6.48 Å². The molecule has 0 saturated carbocycles. The van der Waals surface area contributed by atoms with Gasteiger partial charge in [0.1, 0.15) is 0 Å². The number of hydrogen-bond donors (Lipinski definition) is 0. The van der Waals surface area contributed by atoms with Crippen molar-refractivity contribution in [3.8, 4) is 0 Å². The number of nitrogens with zero attached hydrogens (tertiary/aromatic N) is 2. The zero-order chi connectivity index (χ0) is 13.0. The minimum atomic E-state index is 0.908. The van der Waals surface area contributed by atoms with E-state index in [0.29, 0.717) is 0 Å². The lowest BCUT2D eigenvalue weighted by molar-refractivity contribution is 0.167. The van der Waals surface area contributed by atoms with E-state index >= 15 is 0 Å². The smallest absolute Gasteiger partial charge is 0.0931 e. The average molecular weight is 287 g/mol. The van der Waals surface area contributed by atoms with Crippen LogP contribution in [0.2, 0.25) is 4.34 Å². The van der Waals surface area contributed by atoms with E-state index in [2.05, 4.69) is 30.0 Å². The van der Waals surface area contributed by atoms with Crippen LogP contribution in [0.1, 0.15) is 24.1 Å². The monoisotopic (exact) mass is 286 g/mol. The van der Waals surface area contributed by atoms with Gasteiger partial charge in [-0.25, -0.2) is 0 Å². The molecule has 0 bridgehead atoms. The lowest BCUT2D eigenvalue weighted by Crippen LogP contribution is -2.33. The number of thiophene rings is 1.